The van der Waals surface area contributed by atoms with E-state index in [2.05, 4.69) is 10.6 Å². The van der Waals surface area contributed by atoms with Gasteiger partial charge in [0.1, 0.15) is 11.6 Å². The molecule has 7 nitrogen and oxygen atoms in total. The molecular formula is C27H23Cl2N3O4. The van der Waals surface area contributed by atoms with Gasteiger partial charge in [0.25, 0.3) is 11.8 Å². The molecule has 2 N–H and O–H groups in total. The van der Waals surface area contributed by atoms with E-state index in [4.69, 9.17) is 32.7 Å². The monoisotopic (exact) mass is 523 g/mol. The predicted octanol–water partition coefficient (Wildman–Crippen LogP) is 6.26. The molecule has 0 aliphatic heterocycles. The number of nitrogens with one attached hydrogen (secondary N) is 2. The first kappa shape index (κ1) is 26.6. The summed E-state index contributed by atoms with van der Waals surface area (Å²) in [6.07, 6.45) is 1.39. The van der Waals surface area contributed by atoms with Crippen LogP contribution < -0.4 is 20.1 Å². The third-order valence-electron chi connectivity index (χ3n) is 4.84. The summed E-state index contributed by atoms with van der Waals surface area (Å²) in [5.41, 5.74) is 2.32. The van der Waals surface area contributed by atoms with Crippen LogP contribution in [0.1, 0.15) is 18.1 Å². The van der Waals surface area contributed by atoms with Crippen LogP contribution in [-0.2, 0) is 9.59 Å². The molecule has 3 rings (SSSR count). The van der Waals surface area contributed by atoms with Crippen molar-refractivity contribution in [2.45, 2.75) is 13.8 Å². The van der Waals surface area contributed by atoms with E-state index in [0.717, 1.165) is 5.56 Å². The van der Waals surface area contributed by atoms with Gasteiger partial charge < -0.3 is 20.1 Å². The number of halogens is 2. The van der Waals surface area contributed by atoms with Gasteiger partial charge in [0, 0.05) is 16.4 Å². The van der Waals surface area contributed by atoms with Crippen LogP contribution in [0.4, 0.5) is 11.4 Å². The second-order valence-corrected chi connectivity index (χ2v) is 8.37. The number of ether oxygens (including phenoxy) is 2. The topological polar surface area (TPSA) is 100 Å². The number of para-hydroxylation sites is 1. The summed E-state index contributed by atoms with van der Waals surface area (Å²) >= 11 is 12.5. The molecule has 2 amide bonds. The van der Waals surface area contributed by atoms with E-state index in [1.54, 1.807) is 55.5 Å². The van der Waals surface area contributed by atoms with Crippen LogP contribution in [0.5, 0.6) is 11.5 Å². The lowest BCUT2D eigenvalue weighted by atomic mass is 10.1. The summed E-state index contributed by atoms with van der Waals surface area (Å²) < 4.78 is 11.3. The number of benzene rings is 3. The van der Waals surface area contributed by atoms with Gasteiger partial charge in [-0.15, -0.1) is 0 Å². The van der Waals surface area contributed by atoms with Gasteiger partial charge >= 0.3 is 0 Å². The molecule has 0 aliphatic rings. The highest BCUT2D eigenvalue weighted by molar-refractivity contribution is 6.32. The van der Waals surface area contributed by atoms with Gasteiger partial charge in [0.05, 0.1) is 11.6 Å². The molecule has 3 aromatic rings. The third-order valence-corrected chi connectivity index (χ3v) is 5.53. The highest BCUT2D eigenvalue weighted by atomic mass is 35.5. The molecular weight excluding hydrogens is 501 g/mol. The molecule has 0 radical (unpaired) electrons. The van der Waals surface area contributed by atoms with Crippen LogP contribution in [0.15, 0.2) is 66.2 Å². The van der Waals surface area contributed by atoms with Crippen LogP contribution >= 0.6 is 23.2 Å². The average molecular weight is 524 g/mol. The number of carbonyl (C=O) groups excluding carboxylic acids is 2. The second-order valence-electron chi connectivity index (χ2n) is 7.55. The standard InChI is InChI=1S/C27H23Cl2N3O4/c1-3-35-24-13-18(11-19(15-30)27(34)32-20-7-5-4-6-8-20)12-23(29)26(24)36-16-25(33)31-21-10-9-17(2)22(28)14-21/h4-14H,3,16H2,1-2H3,(H,31,33)(H,32,34)/b19-11+. The number of nitriles is 1. The maximum Gasteiger partial charge on any atom is 0.266 e. The second kappa shape index (κ2) is 12.6. The summed E-state index contributed by atoms with van der Waals surface area (Å²) in [5, 5.41) is 15.6. The Kier molecular flexibility index (Phi) is 9.34. The van der Waals surface area contributed by atoms with E-state index in [1.807, 2.05) is 19.1 Å². The minimum Gasteiger partial charge on any atom is -0.490 e. The Balaban J connectivity index is 1.76. The molecule has 0 bridgehead atoms. The number of aryl methyl sites for hydroxylation is 1. The van der Waals surface area contributed by atoms with Crippen molar-refractivity contribution < 1.29 is 19.1 Å². The average Bonchev–Trinajstić information content (AvgIpc) is 2.85. The molecule has 0 aliphatic carbocycles. The van der Waals surface area contributed by atoms with E-state index >= 15 is 0 Å². The molecule has 0 saturated carbocycles. The van der Waals surface area contributed by atoms with Crippen LogP contribution in [0.2, 0.25) is 10.0 Å². The van der Waals surface area contributed by atoms with Crippen molar-refractivity contribution in [3.8, 4) is 17.6 Å². The number of amides is 2. The van der Waals surface area contributed by atoms with Crippen molar-refractivity contribution in [1.82, 2.24) is 0 Å². The third kappa shape index (κ3) is 7.25. The Bertz CT molecular complexity index is 1330. The maximum absolute atomic E-state index is 12.5. The lowest BCUT2D eigenvalue weighted by Crippen LogP contribution is -2.20. The van der Waals surface area contributed by atoms with Crippen molar-refractivity contribution in [3.63, 3.8) is 0 Å². The Hall–Kier alpha value is -3.99. The lowest BCUT2D eigenvalue weighted by molar-refractivity contribution is -0.118. The van der Waals surface area contributed by atoms with Crippen molar-refractivity contribution in [1.29, 1.82) is 5.26 Å². The van der Waals surface area contributed by atoms with E-state index in [9.17, 15) is 14.9 Å². The Morgan fingerprint density at radius 1 is 0.972 bits per heavy atom. The highest BCUT2D eigenvalue weighted by Gasteiger charge is 2.16. The minimum atomic E-state index is -0.564. The molecule has 9 heteroatoms. The number of carbonyl (C=O) groups is 2. The van der Waals surface area contributed by atoms with E-state index < -0.39 is 11.8 Å². The summed E-state index contributed by atoms with van der Waals surface area (Å²) in [5.74, 6) is -0.545. The Morgan fingerprint density at radius 2 is 1.72 bits per heavy atom. The summed E-state index contributed by atoms with van der Waals surface area (Å²) in [6.45, 7) is 3.61. The molecule has 0 saturated heterocycles. The van der Waals surface area contributed by atoms with E-state index in [-0.39, 0.29) is 28.7 Å². The molecule has 3 aromatic carbocycles. The fraction of sp³-hybridized carbons (Fsp3) is 0.148. The summed E-state index contributed by atoms with van der Waals surface area (Å²) in [4.78, 5) is 24.9. The van der Waals surface area contributed by atoms with E-state index in [0.29, 0.717) is 28.6 Å². The number of hydrogen-bond donors (Lipinski definition) is 2. The molecule has 0 aromatic heterocycles. The van der Waals surface area contributed by atoms with Gasteiger partial charge in [0.15, 0.2) is 18.1 Å². The minimum absolute atomic E-state index is 0.123. The Labute approximate surface area is 219 Å². The van der Waals surface area contributed by atoms with Gasteiger partial charge in [0.2, 0.25) is 0 Å². The molecule has 184 valence electrons. The normalized spacial score (nSPS) is 10.8. The zero-order valence-electron chi connectivity index (χ0n) is 19.6. The van der Waals surface area contributed by atoms with Crippen LogP contribution in [0.3, 0.4) is 0 Å². The molecule has 0 unspecified atom stereocenters. The molecule has 0 spiro atoms. The van der Waals surface area contributed by atoms with Gasteiger partial charge in [-0.1, -0.05) is 47.5 Å². The first-order chi connectivity index (χ1) is 17.3. The smallest absolute Gasteiger partial charge is 0.266 e. The zero-order chi connectivity index (χ0) is 26.1. The Morgan fingerprint density at radius 3 is 2.39 bits per heavy atom. The first-order valence-electron chi connectivity index (χ1n) is 10.9. The quantitative estimate of drug-likeness (QED) is 0.254. The van der Waals surface area contributed by atoms with Crippen LogP contribution in [-0.4, -0.2) is 25.0 Å². The molecule has 0 heterocycles. The van der Waals surface area contributed by atoms with Crippen LogP contribution in [0, 0.1) is 18.3 Å². The lowest BCUT2D eigenvalue weighted by Gasteiger charge is -2.15. The van der Waals surface area contributed by atoms with E-state index in [1.165, 1.54) is 12.1 Å². The fourth-order valence-electron chi connectivity index (χ4n) is 3.11. The number of rotatable bonds is 9. The molecule has 0 fully saturated rings. The van der Waals surface area contributed by atoms with Gasteiger partial charge in [-0.2, -0.15) is 5.26 Å². The molecule has 36 heavy (non-hydrogen) atoms. The van der Waals surface area contributed by atoms with Crippen LogP contribution in [0.25, 0.3) is 6.08 Å². The van der Waals surface area contributed by atoms with Gasteiger partial charge in [-0.25, -0.2) is 0 Å². The largest absolute Gasteiger partial charge is 0.490 e. The van der Waals surface area contributed by atoms with Crippen molar-refractivity contribution in [2.75, 3.05) is 23.8 Å². The summed E-state index contributed by atoms with van der Waals surface area (Å²) in [7, 11) is 0. The number of hydrogen-bond acceptors (Lipinski definition) is 5. The number of anilines is 2. The predicted molar refractivity (Wildman–Crippen MR) is 142 cm³/mol. The highest BCUT2D eigenvalue weighted by Crippen LogP contribution is 2.37. The van der Waals surface area contributed by atoms with Gasteiger partial charge in [-0.05, 0) is 67.4 Å². The van der Waals surface area contributed by atoms with Gasteiger partial charge in [-0.3, -0.25) is 9.59 Å². The maximum atomic E-state index is 12.5. The van der Waals surface area contributed by atoms with Crippen molar-refractivity contribution in [3.05, 3.63) is 87.4 Å². The fourth-order valence-corrected chi connectivity index (χ4v) is 3.57. The molecule has 0 atom stereocenters. The zero-order valence-corrected chi connectivity index (χ0v) is 21.1. The first-order valence-corrected chi connectivity index (χ1v) is 11.7. The van der Waals surface area contributed by atoms with Crippen molar-refractivity contribution in [2.24, 2.45) is 0 Å². The van der Waals surface area contributed by atoms with Crippen molar-refractivity contribution >= 4 is 52.5 Å². The summed E-state index contributed by atoms with van der Waals surface area (Å²) in [6, 6.07) is 19.0. The SMILES string of the molecule is CCOc1cc(/C=C(\C#N)C(=O)Nc2ccccc2)cc(Cl)c1OCC(=O)Nc1ccc(C)c(Cl)c1. The number of nitrogens with zero attached hydrogens (tertiary/aromatic N) is 1.